The molecule has 6 heteroatoms. The molecular formula is C39H21N3S3. The summed E-state index contributed by atoms with van der Waals surface area (Å²) in [7, 11) is 0. The summed E-state index contributed by atoms with van der Waals surface area (Å²) in [6.45, 7) is 0. The molecule has 0 aliphatic heterocycles. The number of thiophene rings is 3. The lowest BCUT2D eigenvalue weighted by Gasteiger charge is -2.13. The van der Waals surface area contributed by atoms with E-state index in [1.807, 2.05) is 52.6 Å². The lowest BCUT2D eigenvalue weighted by molar-refractivity contribution is 1.43. The molecule has 0 aliphatic rings. The van der Waals surface area contributed by atoms with Gasteiger partial charge in [0, 0.05) is 65.5 Å². The minimum Gasteiger partial charge on any atom is -0.255 e. The Morgan fingerprint density at radius 1 is 0.356 bits per heavy atom. The molecule has 0 spiro atoms. The molecule has 0 aliphatic carbocycles. The molecule has 45 heavy (non-hydrogen) atoms. The second-order valence-corrected chi connectivity index (χ2v) is 14.4. The number of hydrogen-bond donors (Lipinski definition) is 0. The van der Waals surface area contributed by atoms with Crippen LogP contribution in [-0.4, -0.2) is 15.0 Å². The highest BCUT2D eigenvalue weighted by Crippen LogP contribution is 2.45. The molecule has 0 bridgehead atoms. The molecule has 0 fully saturated rings. The standard InChI is InChI=1S/C39H21N3S3/c1-4-10-31-28(7-1)34-37(43-31)25(13-16-40-34)22-19-23(26-14-17-41-35-29-8-2-5-11-32(29)44-38(26)35)21-24(20-22)27-15-18-42-36-30-9-3-6-12-33(30)45-39(27)36/h1-21H. The van der Waals surface area contributed by atoms with E-state index in [9.17, 15) is 0 Å². The third-order valence-electron chi connectivity index (χ3n) is 8.64. The summed E-state index contributed by atoms with van der Waals surface area (Å²) in [6.07, 6.45) is 5.86. The SMILES string of the molecule is c1ccc2c(c1)sc1c(-c3cc(-c4ccnc5c4sc4ccccc45)cc(-c4ccnc5c4sc4ccccc45)c3)ccnc12. The van der Waals surface area contributed by atoms with Gasteiger partial charge >= 0.3 is 0 Å². The van der Waals surface area contributed by atoms with Crippen LogP contribution in [0.1, 0.15) is 0 Å². The fourth-order valence-corrected chi connectivity index (χ4v) is 10.2. The number of nitrogens with zero attached hydrogens (tertiary/aromatic N) is 3. The Hall–Kier alpha value is -5.01. The van der Waals surface area contributed by atoms with Crippen molar-refractivity contribution in [2.24, 2.45) is 0 Å². The van der Waals surface area contributed by atoms with Gasteiger partial charge in [0.25, 0.3) is 0 Å². The van der Waals surface area contributed by atoms with Crippen molar-refractivity contribution in [3.63, 3.8) is 0 Å². The van der Waals surface area contributed by atoms with Gasteiger partial charge < -0.3 is 0 Å². The summed E-state index contributed by atoms with van der Waals surface area (Å²) >= 11 is 5.46. The Kier molecular flexibility index (Phi) is 5.49. The molecule has 0 amide bonds. The largest absolute Gasteiger partial charge is 0.255 e. The maximum atomic E-state index is 4.84. The van der Waals surface area contributed by atoms with Gasteiger partial charge in [0.05, 0.1) is 30.6 Å². The topological polar surface area (TPSA) is 38.7 Å². The highest BCUT2D eigenvalue weighted by atomic mass is 32.1. The quantitative estimate of drug-likeness (QED) is 0.196. The third-order valence-corrected chi connectivity index (χ3v) is 12.2. The molecule has 0 radical (unpaired) electrons. The number of fused-ring (bicyclic) bond motifs is 9. The minimum absolute atomic E-state index is 1.06. The fourth-order valence-electron chi connectivity index (χ4n) is 6.59. The van der Waals surface area contributed by atoms with Crippen LogP contribution in [-0.2, 0) is 0 Å². The zero-order valence-electron chi connectivity index (χ0n) is 23.7. The molecule has 0 saturated heterocycles. The van der Waals surface area contributed by atoms with Crippen molar-refractivity contribution in [1.29, 1.82) is 0 Å². The number of rotatable bonds is 3. The van der Waals surface area contributed by atoms with Gasteiger partial charge in [-0.1, -0.05) is 54.6 Å². The van der Waals surface area contributed by atoms with Gasteiger partial charge in [-0.15, -0.1) is 34.0 Å². The fraction of sp³-hybridized carbons (Fsp3) is 0. The van der Waals surface area contributed by atoms with E-state index >= 15 is 0 Å². The van der Waals surface area contributed by atoms with Crippen molar-refractivity contribution in [3.8, 4) is 33.4 Å². The molecular weight excluding hydrogens is 607 g/mol. The monoisotopic (exact) mass is 627 g/mol. The van der Waals surface area contributed by atoms with E-state index in [2.05, 4.69) is 109 Å². The van der Waals surface area contributed by atoms with Crippen molar-refractivity contribution in [1.82, 2.24) is 15.0 Å². The maximum absolute atomic E-state index is 4.84. The molecule has 6 aromatic heterocycles. The van der Waals surface area contributed by atoms with Gasteiger partial charge in [0.1, 0.15) is 0 Å². The van der Waals surface area contributed by atoms with Crippen molar-refractivity contribution in [2.45, 2.75) is 0 Å². The van der Waals surface area contributed by atoms with Gasteiger partial charge in [-0.3, -0.25) is 15.0 Å². The van der Waals surface area contributed by atoms with Gasteiger partial charge in [0.2, 0.25) is 0 Å². The zero-order valence-corrected chi connectivity index (χ0v) is 26.1. The number of pyridine rings is 3. The third kappa shape index (κ3) is 3.83. The average molecular weight is 628 g/mol. The number of benzene rings is 4. The van der Waals surface area contributed by atoms with E-state index in [0.717, 1.165) is 16.6 Å². The summed E-state index contributed by atoms with van der Waals surface area (Å²) in [5.41, 5.74) is 10.3. The zero-order chi connectivity index (χ0) is 29.5. The molecule has 0 saturated carbocycles. The van der Waals surface area contributed by atoms with E-state index in [1.54, 1.807) is 0 Å². The Bertz CT molecular complexity index is 2470. The summed E-state index contributed by atoms with van der Waals surface area (Å²) < 4.78 is 7.41. The van der Waals surface area contributed by atoms with E-state index in [4.69, 9.17) is 15.0 Å². The second kappa shape index (κ2) is 9.74. The van der Waals surface area contributed by atoms with E-state index in [0.29, 0.717) is 0 Å². The molecule has 3 nitrogen and oxygen atoms in total. The van der Waals surface area contributed by atoms with Crippen LogP contribution in [0.4, 0.5) is 0 Å². The van der Waals surface area contributed by atoms with Crippen molar-refractivity contribution >= 4 is 94.9 Å². The molecule has 6 heterocycles. The summed E-state index contributed by atoms with van der Waals surface area (Å²) in [5, 5.41) is 3.62. The lowest BCUT2D eigenvalue weighted by Crippen LogP contribution is -1.89. The Morgan fingerprint density at radius 3 is 1.00 bits per heavy atom. The van der Waals surface area contributed by atoms with Crippen molar-refractivity contribution in [2.75, 3.05) is 0 Å². The van der Waals surface area contributed by atoms with E-state index in [-0.39, 0.29) is 0 Å². The number of hydrogen-bond acceptors (Lipinski definition) is 6. The first-order chi connectivity index (χ1) is 22.3. The van der Waals surface area contributed by atoms with Crippen LogP contribution in [0.3, 0.4) is 0 Å². The molecule has 4 aromatic carbocycles. The van der Waals surface area contributed by atoms with Crippen LogP contribution >= 0.6 is 34.0 Å². The smallest absolute Gasteiger partial charge is 0.0894 e. The summed E-state index contributed by atoms with van der Waals surface area (Å²) in [6, 6.07) is 39.3. The number of aromatic nitrogens is 3. The average Bonchev–Trinajstić information content (AvgIpc) is 3.79. The Balaban J connectivity index is 1.29. The van der Waals surface area contributed by atoms with Gasteiger partial charge in [-0.2, -0.15) is 0 Å². The van der Waals surface area contributed by atoms with Crippen LogP contribution < -0.4 is 0 Å². The van der Waals surface area contributed by atoms with E-state index < -0.39 is 0 Å². The van der Waals surface area contributed by atoms with Crippen LogP contribution in [0, 0.1) is 0 Å². The lowest BCUT2D eigenvalue weighted by atomic mass is 9.93. The van der Waals surface area contributed by atoms with Crippen molar-refractivity contribution in [3.05, 3.63) is 128 Å². The van der Waals surface area contributed by atoms with Crippen LogP contribution in [0.15, 0.2) is 128 Å². The normalized spacial score (nSPS) is 12.0. The molecule has 10 aromatic rings. The Labute approximate surface area is 269 Å². The van der Waals surface area contributed by atoms with Crippen LogP contribution in [0.5, 0.6) is 0 Å². The van der Waals surface area contributed by atoms with Gasteiger partial charge in [-0.25, -0.2) is 0 Å². The van der Waals surface area contributed by atoms with Gasteiger partial charge in [0.15, 0.2) is 0 Å². The maximum Gasteiger partial charge on any atom is 0.0894 e. The minimum atomic E-state index is 1.06. The predicted molar refractivity (Wildman–Crippen MR) is 195 cm³/mol. The summed E-state index contributed by atoms with van der Waals surface area (Å²) in [4.78, 5) is 14.5. The Morgan fingerprint density at radius 2 is 0.667 bits per heavy atom. The van der Waals surface area contributed by atoms with Crippen molar-refractivity contribution < 1.29 is 0 Å². The predicted octanol–water partition coefficient (Wildman–Crippen LogP) is 12.0. The molecule has 0 unspecified atom stereocenters. The van der Waals surface area contributed by atoms with E-state index in [1.165, 1.54) is 77.7 Å². The second-order valence-electron chi connectivity index (χ2n) is 11.2. The van der Waals surface area contributed by atoms with Gasteiger partial charge in [-0.05, 0) is 71.3 Å². The molecule has 210 valence electrons. The first-order valence-corrected chi connectivity index (χ1v) is 17.2. The highest BCUT2D eigenvalue weighted by Gasteiger charge is 2.18. The van der Waals surface area contributed by atoms with Crippen LogP contribution in [0.25, 0.3) is 94.3 Å². The first kappa shape index (κ1) is 25.3. The first-order valence-electron chi connectivity index (χ1n) is 14.8. The summed E-state index contributed by atoms with van der Waals surface area (Å²) in [5.74, 6) is 0. The highest BCUT2D eigenvalue weighted by molar-refractivity contribution is 7.27. The molecule has 0 N–H and O–H groups in total. The molecule has 0 atom stereocenters. The molecule has 10 rings (SSSR count). The van der Waals surface area contributed by atoms with Crippen LogP contribution in [0.2, 0.25) is 0 Å².